The number of hydrogen-bond donors (Lipinski definition) is 3. The summed E-state index contributed by atoms with van der Waals surface area (Å²) in [5.74, 6) is -0.474. The number of nitrogens with one attached hydrogen (secondary N) is 3. The molecule has 0 saturated carbocycles. The zero-order valence-electron chi connectivity index (χ0n) is 20.9. The molecule has 0 aliphatic carbocycles. The molecule has 0 radical (unpaired) electrons. The number of benzene rings is 2. The Morgan fingerprint density at radius 2 is 1.65 bits per heavy atom. The maximum atomic E-state index is 12.6. The normalized spacial score (nSPS) is 11.0. The van der Waals surface area contributed by atoms with Crippen molar-refractivity contribution >= 4 is 23.2 Å². The van der Waals surface area contributed by atoms with Crippen LogP contribution in [0.15, 0.2) is 84.0 Å². The molecule has 4 rings (SSSR count). The molecule has 9 heteroatoms. The summed E-state index contributed by atoms with van der Waals surface area (Å²) in [6.07, 6.45) is 6.98. The number of carbonyl (C=O) groups excluding carboxylic acids is 2. The van der Waals surface area contributed by atoms with Crippen molar-refractivity contribution in [3.05, 3.63) is 90.7 Å². The highest BCUT2D eigenvalue weighted by Crippen LogP contribution is 2.32. The molecule has 2 aromatic heterocycles. The van der Waals surface area contributed by atoms with E-state index in [1.54, 1.807) is 36.8 Å². The maximum absolute atomic E-state index is 12.6. The Balaban J connectivity index is 1.31. The van der Waals surface area contributed by atoms with Crippen LogP contribution in [0.5, 0.6) is 5.75 Å². The number of oxazole rings is 1. The van der Waals surface area contributed by atoms with Gasteiger partial charge in [-0.3, -0.25) is 14.6 Å². The minimum Gasteiger partial charge on any atom is -0.496 e. The summed E-state index contributed by atoms with van der Waals surface area (Å²) in [5, 5.41) is 8.82. The quantitative estimate of drug-likeness (QED) is 0.292. The highest BCUT2D eigenvalue weighted by atomic mass is 16.5. The van der Waals surface area contributed by atoms with Crippen molar-refractivity contribution < 1.29 is 18.7 Å². The van der Waals surface area contributed by atoms with Gasteiger partial charge in [0.15, 0.2) is 12.2 Å². The van der Waals surface area contributed by atoms with Gasteiger partial charge in [-0.1, -0.05) is 12.1 Å². The van der Waals surface area contributed by atoms with Crippen LogP contribution < -0.4 is 20.7 Å². The summed E-state index contributed by atoms with van der Waals surface area (Å²) in [5.41, 5.74) is 3.63. The van der Waals surface area contributed by atoms with Crippen LogP contribution in [0, 0.1) is 0 Å². The van der Waals surface area contributed by atoms with Crippen LogP contribution in [0.2, 0.25) is 0 Å². The number of pyridine rings is 1. The Morgan fingerprint density at radius 3 is 2.32 bits per heavy atom. The van der Waals surface area contributed by atoms with Gasteiger partial charge in [0, 0.05) is 41.9 Å². The monoisotopic (exact) mass is 499 g/mol. The molecular weight excluding hydrogens is 470 g/mol. The summed E-state index contributed by atoms with van der Waals surface area (Å²) in [7, 11) is 1.51. The number of amides is 2. The highest BCUT2D eigenvalue weighted by Gasteiger charge is 2.25. The molecule has 2 aromatic carbocycles. The second kappa shape index (κ2) is 11.4. The fourth-order valence-corrected chi connectivity index (χ4v) is 3.87. The molecule has 2 amide bonds. The first kappa shape index (κ1) is 25.4. The molecular formula is C28H29N5O4. The van der Waals surface area contributed by atoms with E-state index in [1.807, 2.05) is 50.2 Å². The minimum absolute atomic E-state index is 0.424. The lowest BCUT2D eigenvalue weighted by Crippen LogP contribution is -2.49. The second-order valence-electron chi connectivity index (χ2n) is 9.16. The molecule has 4 aromatic rings. The van der Waals surface area contributed by atoms with Crippen molar-refractivity contribution in [3.8, 4) is 17.1 Å². The molecule has 3 N–H and O–H groups in total. The Bertz CT molecular complexity index is 1340. The summed E-state index contributed by atoms with van der Waals surface area (Å²) < 4.78 is 10.7. The number of hydrogen-bond acceptors (Lipinski definition) is 7. The first-order valence-electron chi connectivity index (χ1n) is 11.7. The minimum atomic E-state index is -0.766. The van der Waals surface area contributed by atoms with Crippen molar-refractivity contribution in [1.82, 2.24) is 15.3 Å². The van der Waals surface area contributed by atoms with Gasteiger partial charge < -0.3 is 25.1 Å². The van der Waals surface area contributed by atoms with Gasteiger partial charge in [0.2, 0.25) is 0 Å². The van der Waals surface area contributed by atoms with Crippen LogP contribution in [-0.2, 0) is 22.6 Å². The lowest BCUT2D eigenvalue weighted by molar-refractivity contribution is -0.137. The van der Waals surface area contributed by atoms with Gasteiger partial charge in [-0.15, -0.1) is 0 Å². The standard InChI is InChI=1S/C28H29N5O4/c1-28(2,15-19-4-6-21(7-5-19)31-16-20-10-12-29-13-11-20)33-27(35)26(34)32-22-8-9-23(24(14-22)36-3)25-17-30-18-37-25/h4-14,17-18,31H,15-16H2,1-3H3,(H,32,34)(H,33,35). The van der Waals surface area contributed by atoms with Crippen LogP contribution in [0.1, 0.15) is 25.0 Å². The van der Waals surface area contributed by atoms with E-state index >= 15 is 0 Å². The largest absolute Gasteiger partial charge is 0.496 e. The fourth-order valence-electron chi connectivity index (χ4n) is 3.87. The van der Waals surface area contributed by atoms with Crippen molar-refractivity contribution in [2.24, 2.45) is 0 Å². The molecule has 0 aliphatic heterocycles. The van der Waals surface area contributed by atoms with Crippen molar-refractivity contribution in [2.45, 2.75) is 32.4 Å². The van der Waals surface area contributed by atoms with E-state index in [0.717, 1.165) is 16.8 Å². The van der Waals surface area contributed by atoms with Gasteiger partial charge in [0.05, 0.1) is 18.9 Å². The van der Waals surface area contributed by atoms with E-state index in [9.17, 15) is 9.59 Å². The SMILES string of the molecule is COc1cc(NC(=O)C(=O)NC(C)(C)Cc2ccc(NCc3ccncc3)cc2)ccc1-c1cnco1. The zero-order valence-corrected chi connectivity index (χ0v) is 20.9. The molecule has 0 fully saturated rings. The fraction of sp³-hybridized carbons (Fsp3) is 0.214. The van der Waals surface area contributed by atoms with Crippen LogP contribution in [0.3, 0.4) is 0 Å². The van der Waals surface area contributed by atoms with E-state index < -0.39 is 17.4 Å². The van der Waals surface area contributed by atoms with Gasteiger partial charge in [0.1, 0.15) is 5.75 Å². The van der Waals surface area contributed by atoms with E-state index in [0.29, 0.717) is 35.7 Å². The molecule has 0 aliphatic rings. The third-order valence-corrected chi connectivity index (χ3v) is 5.66. The lowest BCUT2D eigenvalue weighted by Gasteiger charge is -2.26. The van der Waals surface area contributed by atoms with Crippen LogP contribution in [-0.4, -0.2) is 34.4 Å². The van der Waals surface area contributed by atoms with Gasteiger partial charge in [0.25, 0.3) is 0 Å². The molecule has 0 saturated heterocycles. The second-order valence-corrected chi connectivity index (χ2v) is 9.16. The summed E-state index contributed by atoms with van der Waals surface area (Å²) in [4.78, 5) is 33.2. The molecule has 37 heavy (non-hydrogen) atoms. The Hall–Kier alpha value is -4.66. The highest BCUT2D eigenvalue weighted by molar-refractivity contribution is 6.39. The number of anilines is 2. The third kappa shape index (κ3) is 6.94. The van der Waals surface area contributed by atoms with E-state index in [4.69, 9.17) is 9.15 Å². The number of ether oxygens (including phenoxy) is 1. The average molecular weight is 500 g/mol. The molecule has 9 nitrogen and oxygen atoms in total. The molecule has 0 atom stereocenters. The number of carbonyl (C=O) groups is 2. The first-order valence-corrected chi connectivity index (χ1v) is 11.7. The molecule has 0 spiro atoms. The Labute approximate surface area is 215 Å². The molecule has 2 heterocycles. The number of rotatable bonds is 9. The van der Waals surface area contributed by atoms with Gasteiger partial charge in [-0.25, -0.2) is 4.98 Å². The van der Waals surface area contributed by atoms with Crippen LogP contribution in [0.25, 0.3) is 11.3 Å². The van der Waals surface area contributed by atoms with Crippen LogP contribution in [0.4, 0.5) is 11.4 Å². The Morgan fingerprint density at radius 1 is 0.919 bits per heavy atom. The lowest BCUT2D eigenvalue weighted by atomic mass is 9.94. The van der Waals surface area contributed by atoms with Crippen molar-refractivity contribution in [1.29, 1.82) is 0 Å². The van der Waals surface area contributed by atoms with E-state index in [-0.39, 0.29) is 0 Å². The topological polar surface area (TPSA) is 118 Å². The van der Waals surface area contributed by atoms with Gasteiger partial charge in [-0.05, 0) is 67.8 Å². The number of nitrogens with zero attached hydrogens (tertiary/aromatic N) is 2. The summed E-state index contributed by atoms with van der Waals surface area (Å²) >= 11 is 0. The summed E-state index contributed by atoms with van der Waals surface area (Å²) in [6, 6.07) is 17.0. The predicted molar refractivity (Wildman–Crippen MR) is 141 cm³/mol. The average Bonchev–Trinajstić information content (AvgIpc) is 3.43. The Kier molecular flexibility index (Phi) is 7.83. The third-order valence-electron chi connectivity index (χ3n) is 5.66. The zero-order chi connectivity index (χ0) is 26.3. The van der Waals surface area contributed by atoms with Crippen LogP contribution >= 0.6 is 0 Å². The van der Waals surface area contributed by atoms with E-state index in [2.05, 4.69) is 25.9 Å². The van der Waals surface area contributed by atoms with Gasteiger partial charge >= 0.3 is 11.8 Å². The maximum Gasteiger partial charge on any atom is 0.313 e. The van der Waals surface area contributed by atoms with Crippen molar-refractivity contribution in [3.63, 3.8) is 0 Å². The number of methoxy groups -OCH3 is 1. The summed E-state index contributed by atoms with van der Waals surface area (Å²) in [6.45, 7) is 4.46. The smallest absolute Gasteiger partial charge is 0.313 e. The predicted octanol–water partition coefficient (Wildman–Crippen LogP) is 4.43. The molecule has 0 bridgehead atoms. The van der Waals surface area contributed by atoms with E-state index in [1.165, 1.54) is 13.5 Å². The molecule has 190 valence electrons. The van der Waals surface area contributed by atoms with Gasteiger partial charge in [-0.2, -0.15) is 0 Å². The molecule has 0 unspecified atom stereocenters. The van der Waals surface area contributed by atoms with Crippen molar-refractivity contribution in [2.75, 3.05) is 17.7 Å². The number of aromatic nitrogens is 2. The first-order chi connectivity index (χ1) is 17.8.